The predicted octanol–water partition coefficient (Wildman–Crippen LogP) is 5.27. The molecule has 0 fully saturated rings. The second-order valence-electron chi connectivity index (χ2n) is 7.15. The molecule has 0 bridgehead atoms. The van der Waals surface area contributed by atoms with E-state index in [-0.39, 0.29) is 5.91 Å². The standard InChI is InChI=1S/C26H24N2O2/c1-30-21-13-7-12-20(17-21)25-18-23(22-14-5-6-15-24(22)28-25)26(29)27-16-8-11-19-9-3-2-4-10-19/h2-7,9-10,12-15,17-18H,8,11,16H2,1H3,(H,27,29). The molecular formula is C26H24N2O2. The van der Waals surface area contributed by atoms with Gasteiger partial charge in [-0.2, -0.15) is 0 Å². The SMILES string of the molecule is COc1cccc(-c2cc(C(=O)NCCCc3ccccc3)c3ccccc3n2)c1. The van der Waals surface area contributed by atoms with Crippen molar-refractivity contribution in [3.63, 3.8) is 0 Å². The molecule has 0 spiro atoms. The smallest absolute Gasteiger partial charge is 0.252 e. The first kappa shape index (κ1) is 19.6. The van der Waals surface area contributed by atoms with Crippen LogP contribution in [0.3, 0.4) is 0 Å². The lowest BCUT2D eigenvalue weighted by Gasteiger charge is -2.11. The van der Waals surface area contributed by atoms with Crippen LogP contribution in [0.25, 0.3) is 22.2 Å². The number of pyridine rings is 1. The summed E-state index contributed by atoms with van der Waals surface area (Å²) in [6.07, 6.45) is 1.83. The summed E-state index contributed by atoms with van der Waals surface area (Å²) in [5.74, 6) is 0.681. The van der Waals surface area contributed by atoms with Gasteiger partial charge in [0.1, 0.15) is 5.75 Å². The van der Waals surface area contributed by atoms with E-state index < -0.39 is 0 Å². The Morgan fingerprint density at radius 1 is 0.933 bits per heavy atom. The van der Waals surface area contributed by atoms with E-state index in [9.17, 15) is 4.79 Å². The summed E-state index contributed by atoms with van der Waals surface area (Å²) in [6, 6.07) is 27.6. The van der Waals surface area contributed by atoms with Gasteiger partial charge in [0, 0.05) is 17.5 Å². The molecule has 1 aromatic heterocycles. The number of methoxy groups -OCH3 is 1. The Balaban J connectivity index is 1.56. The van der Waals surface area contributed by atoms with Gasteiger partial charge in [0.15, 0.2) is 0 Å². The average Bonchev–Trinajstić information content (AvgIpc) is 2.81. The number of fused-ring (bicyclic) bond motifs is 1. The van der Waals surface area contributed by atoms with Crippen LogP contribution in [0.4, 0.5) is 0 Å². The van der Waals surface area contributed by atoms with Crippen molar-refractivity contribution in [2.45, 2.75) is 12.8 Å². The number of ether oxygens (including phenoxy) is 1. The number of amides is 1. The highest BCUT2D eigenvalue weighted by Gasteiger charge is 2.14. The van der Waals surface area contributed by atoms with E-state index in [2.05, 4.69) is 17.4 Å². The zero-order valence-corrected chi connectivity index (χ0v) is 17.0. The first-order chi connectivity index (χ1) is 14.7. The molecule has 30 heavy (non-hydrogen) atoms. The van der Waals surface area contributed by atoms with Crippen LogP contribution in [-0.4, -0.2) is 24.5 Å². The van der Waals surface area contributed by atoms with Gasteiger partial charge in [-0.1, -0.05) is 60.7 Å². The molecule has 1 N–H and O–H groups in total. The van der Waals surface area contributed by atoms with Crippen molar-refractivity contribution in [1.82, 2.24) is 10.3 Å². The first-order valence-electron chi connectivity index (χ1n) is 10.1. The largest absolute Gasteiger partial charge is 0.497 e. The molecule has 1 heterocycles. The number of carbonyl (C=O) groups is 1. The summed E-state index contributed by atoms with van der Waals surface area (Å²) in [4.78, 5) is 17.8. The Labute approximate surface area is 176 Å². The molecule has 0 aliphatic rings. The van der Waals surface area contributed by atoms with Crippen LogP contribution in [0.1, 0.15) is 22.3 Å². The van der Waals surface area contributed by atoms with Gasteiger partial charge in [-0.25, -0.2) is 4.98 Å². The molecule has 0 aliphatic heterocycles. The summed E-state index contributed by atoms with van der Waals surface area (Å²) < 4.78 is 5.34. The first-order valence-corrected chi connectivity index (χ1v) is 10.1. The fraction of sp³-hybridized carbons (Fsp3) is 0.154. The second-order valence-corrected chi connectivity index (χ2v) is 7.15. The van der Waals surface area contributed by atoms with Crippen LogP contribution in [-0.2, 0) is 6.42 Å². The molecule has 4 nitrogen and oxygen atoms in total. The molecule has 0 saturated carbocycles. The van der Waals surface area contributed by atoms with Crippen molar-refractivity contribution in [2.24, 2.45) is 0 Å². The van der Waals surface area contributed by atoms with E-state index in [0.29, 0.717) is 12.1 Å². The fourth-order valence-corrected chi connectivity index (χ4v) is 3.53. The van der Waals surface area contributed by atoms with Gasteiger partial charge in [-0.3, -0.25) is 4.79 Å². The Kier molecular flexibility index (Phi) is 6.04. The summed E-state index contributed by atoms with van der Waals surface area (Å²) >= 11 is 0. The normalized spacial score (nSPS) is 10.7. The van der Waals surface area contributed by atoms with Gasteiger partial charge >= 0.3 is 0 Å². The number of aryl methyl sites for hydroxylation is 1. The third-order valence-electron chi connectivity index (χ3n) is 5.10. The predicted molar refractivity (Wildman–Crippen MR) is 121 cm³/mol. The number of hydrogen-bond acceptors (Lipinski definition) is 3. The fourth-order valence-electron chi connectivity index (χ4n) is 3.53. The highest BCUT2D eigenvalue weighted by atomic mass is 16.5. The summed E-state index contributed by atoms with van der Waals surface area (Å²) in [5.41, 5.74) is 4.38. The van der Waals surface area contributed by atoms with E-state index in [1.807, 2.05) is 72.8 Å². The quantitative estimate of drug-likeness (QED) is 0.433. The maximum Gasteiger partial charge on any atom is 0.252 e. The molecule has 0 atom stereocenters. The van der Waals surface area contributed by atoms with Gasteiger partial charge in [0.05, 0.1) is 23.9 Å². The van der Waals surface area contributed by atoms with Gasteiger partial charge in [-0.05, 0) is 42.7 Å². The van der Waals surface area contributed by atoms with Crippen molar-refractivity contribution in [2.75, 3.05) is 13.7 Å². The van der Waals surface area contributed by atoms with Gasteiger partial charge in [0.2, 0.25) is 0 Å². The molecule has 3 aromatic carbocycles. The van der Waals surface area contributed by atoms with Crippen molar-refractivity contribution < 1.29 is 9.53 Å². The minimum absolute atomic E-state index is 0.0780. The van der Waals surface area contributed by atoms with Crippen molar-refractivity contribution in [3.8, 4) is 17.0 Å². The molecule has 4 heteroatoms. The topological polar surface area (TPSA) is 51.2 Å². The second kappa shape index (κ2) is 9.23. The molecule has 0 aliphatic carbocycles. The van der Waals surface area contributed by atoms with Crippen LogP contribution in [0.2, 0.25) is 0 Å². The van der Waals surface area contributed by atoms with E-state index in [4.69, 9.17) is 9.72 Å². The number of aromatic nitrogens is 1. The number of para-hydroxylation sites is 1. The lowest BCUT2D eigenvalue weighted by Crippen LogP contribution is -2.25. The maximum atomic E-state index is 13.0. The minimum Gasteiger partial charge on any atom is -0.497 e. The number of nitrogens with one attached hydrogen (secondary N) is 1. The molecule has 0 unspecified atom stereocenters. The van der Waals surface area contributed by atoms with Gasteiger partial charge < -0.3 is 10.1 Å². The number of carbonyl (C=O) groups excluding carboxylic acids is 1. The van der Waals surface area contributed by atoms with E-state index in [1.54, 1.807) is 7.11 Å². The van der Waals surface area contributed by atoms with E-state index in [1.165, 1.54) is 5.56 Å². The van der Waals surface area contributed by atoms with Crippen molar-refractivity contribution in [3.05, 3.63) is 96.1 Å². The van der Waals surface area contributed by atoms with Crippen LogP contribution < -0.4 is 10.1 Å². The van der Waals surface area contributed by atoms with Gasteiger partial charge in [0.25, 0.3) is 5.91 Å². The van der Waals surface area contributed by atoms with Crippen LogP contribution in [0.15, 0.2) is 84.9 Å². The van der Waals surface area contributed by atoms with E-state index in [0.717, 1.165) is 40.8 Å². The Morgan fingerprint density at radius 3 is 2.57 bits per heavy atom. The monoisotopic (exact) mass is 396 g/mol. The molecule has 150 valence electrons. The summed E-state index contributed by atoms with van der Waals surface area (Å²) in [5, 5.41) is 3.92. The van der Waals surface area contributed by atoms with Crippen LogP contribution >= 0.6 is 0 Å². The summed E-state index contributed by atoms with van der Waals surface area (Å²) in [6.45, 7) is 0.624. The Morgan fingerprint density at radius 2 is 1.73 bits per heavy atom. The third kappa shape index (κ3) is 4.49. The van der Waals surface area contributed by atoms with E-state index >= 15 is 0 Å². The highest BCUT2D eigenvalue weighted by molar-refractivity contribution is 6.07. The summed E-state index contributed by atoms with van der Waals surface area (Å²) in [7, 11) is 1.64. The molecule has 4 aromatic rings. The highest BCUT2D eigenvalue weighted by Crippen LogP contribution is 2.27. The molecule has 0 saturated heterocycles. The lowest BCUT2D eigenvalue weighted by atomic mass is 10.0. The number of nitrogens with zero attached hydrogens (tertiary/aromatic N) is 1. The van der Waals surface area contributed by atoms with Crippen LogP contribution in [0.5, 0.6) is 5.75 Å². The zero-order valence-electron chi connectivity index (χ0n) is 17.0. The number of benzene rings is 3. The molecular weight excluding hydrogens is 372 g/mol. The van der Waals surface area contributed by atoms with Gasteiger partial charge in [-0.15, -0.1) is 0 Å². The minimum atomic E-state index is -0.0780. The van der Waals surface area contributed by atoms with Crippen LogP contribution in [0, 0.1) is 0 Å². The number of rotatable bonds is 7. The van der Waals surface area contributed by atoms with Crippen molar-refractivity contribution in [1.29, 1.82) is 0 Å². The number of hydrogen-bond donors (Lipinski definition) is 1. The zero-order chi connectivity index (χ0) is 20.8. The third-order valence-corrected chi connectivity index (χ3v) is 5.10. The average molecular weight is 396 g/mol. The molecule has 1 amide bonds. The lowest BCUT2D eigenvalue weighted by molar-refractivity contribution is 0.0955. The van der Waals surface area contributed by atoms with Crippen molar-refractivity contribution >= 4 is 16.8 Å². The molecule has 0 radical (unpaired) electrons. The Bertz CT molecular complexity index is 1160. The molecule has 4 rings (SSSR count). The maximum absolute atomic E-state index is 13.0. The Hall–Kier alpha value is -3.66.